The molecule has 1 heterocycles. The molecule has 0 spiro atoms. The lowest BCUT2D eigenvalue weighted by Gasteiger charge is -2.22. The van der Waals surface area contributed by atoms with Crippen LogP contribution in [0.2, 0.25) is 0 Å². The van der Waals surface area contributed by atoms with Crippen LogP contribution in [0.5, 0.6) is 11.5 Å². The Bertz CT molecular complexity index is 1130. The fourth-order valence-corrected chi connectivity index (χ4v) is 5.02. The zero-order chi connectivity index (χ0) is 25.4. The van der Waals surface area contributed by atoms with E-state index in [2.05, 4.69) is 6.58 Å². The van der Waals surface area contributed by atoms with E-state index in [1.165, 1.54) is 6.08 Å². The van der Waals surface area contributed by atoms with Crippen molar-refractivity contribution in [3.05, 3.63) is 80.0 Å². The Hall–Kier alpha value is -2.54. The highest BCUT2D eigenvalue weighted by molar-refractivity contribution is 7.15. The van der Waals surface area contributed by atoms with Gasteiger partial charge in [0.1, 0.15) is 11.0 Å². The van der Waals surface area contributed by atoms with Gasteiger partial charge in [0.05, 0.1) is 18.1 Å². The first-order chi connectivity index (χ1) is 16.9. The van der Waals surface area contributed by atoms with Gasteiger partial charge >= 0.3 is 5.97 Å². The second-order valence-electron chi connectivity index (χ2n) is 8.02. The van der Waals surface area contributed by atoms with Gasteiger partial charge in [-0.15, -0.1) is 11.3 Å². The van der Waals surface area contributed by atoms with Crippen LogP contribution in [0.3, 0.4) is 0 Å². The molecule has 186 valence electrons. The summed E-state index contributed by atoms with van der Waals surface area (Å²) in [4.78, 5) is 24.8. The number of esters is 1. The van der Waals surface area contributed by atoms with Crippen LogP contribution in [0.15, 0.2) is 64.7 Å². The molecule has 1 saturated carbocycles. The Morgan fingerprint density at radius 1 is 1.20 bits per heavy atom. The van der Waals surface area contributed by atoms with Crippen molar-refractivity contribution >= 4 is 46.8 Å². The van der Waals surface area contributed by atoms with Crippen molar-refractivity contribution in [2.24, 2.45) is 0 Å². The lowest BCUT2D eigenvalue weighted by molar-refractivity contribution is 0.0303. The summed E-state index contributed by atoms with van der Waals surface area (Å²) in [6.45, 7) is 5.54. The lowest BCUT2D eigenvalue weighted by atomic mass is 9.99. The van der Waals surface area contributed by atoms with E-state index < -0.39 is 12.1 Å². The summed E-state index contributed by atoms with van der Waals surface area (Å²) in [5.41, 5.74) is 1.29. The summed E-state index contributed by atoms with van der Waals surface area (Å²) in [5.74, 6) is 0.647. The van der Waals surface area contributed by atoms with Crippen molar-refractivity contribution in [2.75, 3.05) is 7.11 Å². The highest BCUT2D eigenvalue weighted by atomic mass is 35.5. The number of halogens is 2. The number of hydrogen-bond acceptors (Lipinski definition) is 6. The normalized spacial score (nSPS) is 15.8. The monoisotopic (exact) mass is 534 g/mol. The average Bonchev–Trinajstić information content (AvgIpc) is 3.57. The van der Waals surface area contributed by atoms with Crippen molar-refractivity contribution in [2.45, 2.75) is 51.2 Å². The third-order valence-corrected chi connectivity index (χ3v) is 7.57. The van der Waals surface area contributed by atoms with Crippen molar-refractivity contribution < 1.29 is 23.8 Å². The minimum absolute atomic E-state index is 0.121. The fourth-order valence-electron chi connectivity index (χ4n) is 3.90. The van der Waals surface area contributed by atoms with E-state index >= 15 is 0 Å². The molecule has 0 N–H and O–H groups in total. The summed E-state index contributed by atoms with van der Waals surface area (Å²) in [6, 6.07) is 8.62. The van der Waals surface area contributed by atoms with Crippen LogP contribution in [-0.2, 0) is 4.74 Å². The van der Waals surface area contributed by atoms with Gasteiger partial charge in [-0.2, -0.15) is 0 Å². The number of carbonyl (C=O) groups is 2. The minimum atomic E-state index is -0.737. The average molecular weight is 535 g/mol. The van der Waals surface area contributed by atoms with Crippen molar-refractivity contribution in [1.29, 1.82) is 0 Å². The van der Waals surface area contributed by atoms with E-state index in [0.29, 0.717) is 48.7 Å². The number of aldehydes is 1. The number of ether oxygens (including phenoxy) is 3. The van der Waals surface area contributed by atoms with Crippen LogP contribution < -0.4 is 9.47 Å². The topological polar surface area (TPSA) is 61.8 Å². The zero-order valence-electron chi connectivity index (χ0n) is 19.7. The molecule has 3 rings (SSSR count). The molecule has 1 fully saturated rings. The molecule has 0 aliphatic heterocycles. The van der Waals surface area contributed by atoms with Gasteiger partial charge in [-0.25, -0.2) is 4.79 Å². The molecule has 1 atom stereocenters. The van der Waals surface area contributed by atoms with Gasteiger partial charge in [-0.05, 0) is 68.0 Å². The largest absolute Gasteiger partial charge is 0.493 e. The number of hydrogen-bond donors (Lipinski definition) is 0. The van der Waals surface area contributed by atoms with Gasteiger partial charge < -0.3 is 14.2 Å². The third-order valence-electron chi connectivity index (χ3n) is 5.75. The van der Waals surface area contributed by atoms with Gasteiger partial charge in [-0.3, -0.25) is 4.79 Å². The van der Waals surface area contributed by atoms with Crippen LogP contribution >= 0.6 is 34.5 Å². The van der Waals surface area contributed by atoms with E-state index in [9.17, 15) is 9.59 Å². The van der Waals surface area contributed by atoms with Gasteiger partial charge in [0.2, 0.25) is 0 Å². The SMILES string of the molecule is C=C/C(Cl)=C(CC(OC(=O)c1ccc(C=O)s1)c1ccc(OC)c(OC2CCCC2)c1)\C(Cl)=C/C. The number of thiophene rings is 1. The van der Waals surface area contributed by atoms with Crippen molar-refractivity contribution in [1.82, 2.24) is 0 Å². The van der Waals surface area contributed by atoms with E-state index in [0.717, 1.165) is 37.0 Å². The van der Waals surface area contributed by atoms with Crippen LogP contribution in [0.4, 0.5) is 0 Å². The van der Waals surface area contributed by atoms with E-state index in [1.807, 2.05) is 12.1 Å². The van der Waals surface area contributed by atoms with E-state index in [1.54, 1.807) is 38.3 Å². The van der Waals surface area contributed by atoms with Gasteiger partial charge in [0.25, 0.3) is 0 Å². The predicted octanol–water partition coefficient (Wildman–Crippen LogP) is 8.00. The molecule has 0 saturated heterocycles. The minimum Gasteiger partial charge on any atom is -0.493 e. The Morgan fingerprint density at radius 2 is 1.94 bits per heavy atom. The third kappa shape index (κ3) is 7.00. The second-order valence-corrected chi connectivity index (χ2v) is 9.95. The summed E-state index contributed by atoms with van der Waals surface area (Å²) >= 11 is 13.9. The highest BCUT2D eigenvalue weighted by Crippen LogP contribution is 2.39. The van der Waals surface area contributed by atoms with Crippen LogP contribution in [0, 0.1) is 0 Å². The van der Waals surface area contributed by atoms with Crippen LogP contribution in [-0.4, -0.2) is 25.5 Å². The summed E-state index contributed by atoms with van der Waals surface area (Å²) < 4.78 is 17.7. The maximum atomic E-state index is 13.0. The predicted molar refractivity (Wildman–Crippen MR) is 141 cm³/mol. The molecule has 8 heteroatoms. The number of rotatable bonds is 11. The van der Waals surface area contributed by atoms with Gasteiger partial charge in [-0.1, -0.05) is 48.0 Å². The number of carbonyl (C=O) groups excluding carboxylic acids is 2. The second kappa shape index (κ2) is 13.0. The number of allylic oxidation sites excluding steroid dienone is 4. The number of benzene rings is 1. The lowest BCUT2D eigenvalue weighted by Crippen LogP contribution is -2.14. The summed E-state index contributed by atoms with van der Waals surface area (Å²) in [6.07, 6.45) is 7.75. The Labute approximate surface area is 220 Å². The zero-order valence-corrected chi connectivity index (χ0v) is 22.0. The van der Waals surface area contributed by atoms with Crippen molar-refractivity contribution in [3.63, 3.8) is 0 Å². The summed E-state index contributed by atoms with van der Waals surface area (Å²) in [7, 11) is 1.59. The Kier molecular flexibility index (Phi) is 10.0. The summed E-state index contributed by atoms with van der Waals surface area (Å²) in [5, 5.41) is 0.802. The molecule has 1 aromatic heterocycles. The molecule has 5 nitrogen and oxygen atoms in total. The first kappa shape index (κ1) is 27.1. The highest BCUT2D eigenvalue weighted by Gasteiger charge is 2.25. The van der Waals surface area contributed by atoms with E-state index in [4.69, 9.17) is 37.4 Å². The molecule has 0 amide bonds. The fraction of sp³-hybridized carbons (Fsp3) is 0.333. The molecule has 1 aromatic carbocycles. The molecular formula is C27H28Cl2O5S. The standard InChI is InChI=1S/C27H28Cl2O5S/c1-4-21(28)20(22(29)5-2)15-24(34-27(31)26-13-11-19(16-30)35-26)17-10-12-23(32-3)25(14-17)33-18-8-6-7-9-18/h4-5,10-14,16,18,24H,1,6-9,15H2,2-3H3/b21-20+,22-5+. The van der Waals surface area contributed by atoms with Crippen LogP contribution in [0.1, 0.15) is 70.0 Å². The van der Waals surface area contributed by atoms with Gasteiger partial charge in [0, 0.05) is 16.5 Å². The first-order valence-electron chi connectivity index (χ1n) is 11.3. The smallest absolute Gasteiger partial charge is 0.348 e. The van der Waals surface area contributed by atoms with Crippen LogP contribution in [0.25, 0.3) is 0 Å². The molecule has 0 bridgehead atoms. The maximum Gasteiger partial charge on any atom is 0.348 e. The molecule has 2 aromatic rings. The quantitative estimate of drug-likeness (QED) is 0.166. The Morgan fingerprint density at radius 3 is 2.54 bits per heavy atom. The first-order valence-corrected chi connectivity index (χ1v) is 12.9. The molecule has 0 radical (unpaired) electrons. The molecule has 35 heavy (non-hydrogen) atoms. The number of methoxy groups -OCH3 is 1. The maximum absolute atomic E-state index is 13.0. The van der Waals surface area contributed by atoms with E-state index in [-0.39, 0.29) is 12.5 Å². The molecule has 1 aliphatic carbocycles. The molecule has 1 unspecified atom stereocenters. The molecular weight excluding hydrogens is 507 g/mol. The Balaban J connectivity index is 1.99. The van der Waals surface area contributed by atoms with Crippen molar-refractivity contribution in [3.8, 4) is 11.5 Å². The molecule has 1 aliphatic rings. The van der Waals surface area contributed by atoms with Gasteiger partial charge in [0.15, 0.2) is 17.8 Å².